The summed E-state index contributed by atoms with van der Waals surface area (Å²) >= 11 is 0. The number of hydrogen-bond donors (Lipinski definition) is 1. The van der Waals surface area contributed by atoms with Crippen LogP contribution in [0.15, 0.2) is 42.6 Å². The largest absolute Gasteiger partial charge is 0.319 e. The molecule has 1 aromatic heterocycles. The van der Waals surface area contributed by atoms with Crippen LogP contribution >= 0.6 is 0 Å². The summed E-state index contributed by atoms with van der Waals surface area (Å²) in [7, 11) is 0. The minimum absolute atomic E-state index is 0.0711. The predicted molar refractivity (Wildman–Crippen MR) is 58.5 cm³/mol. The standard InChI is InChI=1S/C12H8F2N2O/c13-9-3-1-2-4-10(9)16-12(17)8-5-6-11(14)15-7-8/h1-7H,(H,16,17). The number of benzene rings is 1. The number of hydrogen-bond acceptors (Lipinski definition) is 2. The van der Waals surface area contributed by atoms with Crippen LogP contribution in [-0.2, 0) is 0 Å². The molecular weight excluding hydrogens is 226 g/mol. The fourth-order valence-electron chi connectivity index (χ4n) is 1.27. The highest BCUT2D eigenvalue weighted by molar-refractivity contribution is 6.04. The molecule has 1 heterocycles. The average Bonchev–Trinajstić information content (AvgIpc) is 2.33. The van der Waals surface area contributed by atoms with Gasteiger partial charge in [0.15, 0.2) is 0 Å². The first kappa shape index (κ1) is 11.2. The molecule has 0 aliphatic heterocycles. The second kappa shape index (κ2) is 4.69. The van der Waals surface area contributed by atoms with Crippen LogP contribution in [0.1, 0.15) is 10.4 Å². The van der Waals surface area contributed by atoms with Crippen molar-refractivity contribution in [3.05, 3.63) is 59.9 Å². The third kappa shape index (κ3) is 2.63. The molecule has 2 rings (SSSR count). The molecular formula is C12H8F2N2O. The van der Waals surface area contributed by atoms with E-state index in [4.69, 9.17) is 0 Å². The molecule has 1 aromatic carbocycles. The van der Waals surface area contributed by atoms with Crippen LogP contribution in [0.2, 0.25) is 0 Å². The molecule has 0 saturated carbocycles. The molecule has 5 heteroatoms. The lowest BCUT2D eigenvalue weighted by molar-refractivity contribution is 0.102. The van der Waals surface area contributed by atoms with E-state index in [-0.39, 0.29) is 11.3 Å². The molecule has 0 aliphatic rings. The number of anilines is 1. The van der Waals surface area contributed by atoms with Gasteiger partial charge in [0, 0.05) is 6.20 Å². The lowest BCUT2D eigenvalue weighted by Crippen LogP contribution is -2.13. The summed E-state index contributed by atoms with van der Waals surface area (Å²) in [5.41, 5.74) is 0.233. The quantitative estimate of drug-likeness (QED) is 0.811. The predicted octanol–water partition coefficient (Wildman–Crippen LogP) is 2.61. The maximum Gasteiger partial charge on any atom is 0.257 e. The van der Waals surface area contributed by atoms with Crippen LogP contribution in [0.25, 0.3) is 0 Å². The van der Waals surface area contributed by atoms with Crippen molar-refractivity contribution in [3.8, 4) is 0 Å². The number of carbonyl (C=O) groups excluding carboxylic acids is 1. The Labute approximate surface area is 96.1 Å². The number of pyridine rings is 1. The molecule has 1 amide bonds. The minimum Gasteiger partial charge on any atom is -0.319 e. The number of nitrogens with one attached hydrogen (secondary N) is 1. The maximum atomic E-state index is 13.2. The van der Waals surface area contributed by atoms with Gasteiger partial charge in [-0.25, -0.2) is 9.37 Å². The Bertz CT molecular complexity index is 540. The molecule has 17 heavy (non-hydrogen) atoms. The van der Waals surface area contributed by atoms with Crippen molar-refractivity contribution in [1.82, 2.24) is 4.98 Å². The van der Waals surface area contributed by atoms with Crippen LogP contribution in [0, 0.1) is 11.8 Å². The van der Waals surface area contributed by atoms with E-state index in [1.807, 2.05) is 0 Å². The molecule has 0 radical (unpaired) electrons. The molecule has 2 aromatic rings. The Kier molecular flexibility index (Phi) is 3.09. The molecule has 1 N–H and O–H groups in total. The van der Waals surface area contributed by atoms with Crippen LogP contribution in [-0.4, -0.2) is 10.9 Å². The Morgan fingerprint density at radius 1 is 1.12 bits per heavy atom. The van der Waals surface area contributed by atoms with E-state index in [2.05, 4.69) is 10.3 Å². The molecule has 0 aliphatic carbocycles. The van der Waals surface area contributed by atoms with Crippen molar-refractivity contribution in [1.29, 1.82) is 0 Å². The van der Waals surface area contributed by atoms with Crippen molar-refractivity contribution in [2.75, 3.05) is 5.32 Å². The topological polar surface area (TPSA) is 42.0 Å². The second-order valence-corrected chi connectivity index (χ2v) is 3.30. The van der Waals surface area contributed by atoms with Crippen molar-refractivity contribution in [2.45, 2.75) is 0 Å². The summed E-state index contributed by atoms with van der Waals surface area (Å²) < 4.78 is 25.8. The number of carbonyl (C=O) groups is 1. The van der Waals surface area contributed by atoms with Gasteiger partial charge in [0.05, 0.1) is 11.3 Å². The summed E-state index contributed by atoms with van der Waals surface area (Å²) in [6.07, 6.45) is 1.09. The summed E-state index contributed by atoms with van der Waals surface area (Å²) in [5.74, 6) is -1.74. The van der Waals surface area contributed by atoms with Crippen molar-refractivity contribution >= 4 is 11.6 Å². The van der Waals surface area contributed by atoms with Crippen LogP contribution in [0.4, 0.5) is 14.5 Å². The Morgan fingerprint density at radius 2 is 1.88 bits per heavy atom. The fourth-order valence-corrected chi connectivity index (χ4v) is 1.27. The van der Waals surface area contributed by atoms with Gasteiger partial charge in [-0.15, -0.1) is 0 Å². The van der Waals surface area contributed by atoms with Crippen molar-refractivity contribution < 1.29 is 13.6 Å². The Hall–Kier alpha value is -2.30. The maximum absolute atomic E-state index is 13.2. The molecule has 3 nitrogen and oxygen atoms in total. The van der Waals surface area contributed by atoms with Gasteiger partial charge in [-0.3, -0.25) is 4.79 Å². The van der Waals surface area contributed by atoms with E-state index < -0.39 is 17.7 Å². The zero-order valence-electron chi connectivity index (χ0n) is 8.65. The number of para-hydroxylation sites is 1. The first-order valence-corrected chi connectivity index (χ1v) is 4.84. The van der Waals surface area contributed by atoms with E-state index in [1.165, 1.54) is 24.3 Å². The third-order valence-electron chi connectivity index (χ3n) is 2.11. The minimum atomic E-state index is -0.674. The number of halogens is 2. The molecule has 0 bridgehead atoms. The summed E-state index contributed by atoms with van der Waals surface area (Å²) in [6, 6.07) is 8.13. The van der Waals surface area contributed by atoms with Gasteiger partial charge < -0.3 is 5.32 Å². The molecule has 0 spiro atoms. The van der Waals surface area contributed by atoms with Gasteiger partial charge in [0.25, 0.3) is 5.91 Å². The zero-order valence-corrected chi connectivity index (χ0v) is 8.65. The fraction of sp³-hybridized carbons (Fsp3) is 0. The highest BCUT2D eigenvalue weighted by Gasteiger charge is 2.09. The molecule has 0 fully saturated rings. The SMILES string of the molecule is O=C(Nc1ccccc1F)c1ccc(F)nc1. The van der Waals surface area contributed by atoms with Gasteiger partial charge >= 0.3 is 0 Å². The highest BCUT2D eigenvalue weighted by Crippen LogP contribution is 2.13. The van der Waals surface area contributed by atoms with Gasteiger partial charge in [0.2, 0.25) is 5.95 Å². The van der Waals surface area contributed by atoms with E-state index in [0.717, 1.165) is 12.3 Å². The van der Waals surface area contributed by atoms with Crippen LogP contribution in [0.3, 0.4) is 0 Å². The summed E-state index contributed by atoms with van der Waals surface area (Å²) in [4.78, 5) is 15.0. The molecule has 0 unspecified atom stereocenters. The number of amides is 1. The smallest absolute Gasteiger partial charge is 0.257 e. The van der Waals surface area contributed by atoms with Gasteiger partial charge in [0.1, 0.15) is 5.82 Å². The Balaban J connectivity index is 2.17. The third-order valence-corrected chi connectivity index (χ3v) is 2.11. The lowest BCUT2D eigenvalue weighted by atomic mass is 10.2. The van der Waals surface area contributed by atoms with E-state index in [0.29, 0.717) is 0 Å². The van der Waals surface area contributed by atoms with Crippen molar-refractivity contribution in [2.24, 2.45) is 0 Å². The first-order valence-electron chi connectivity index (χ1n) is 4.84. The molecule has 0 atom stereocenters. The number of nitrogens with zero attached hydrogens (tertiary/aromatic N) is 1. The Morgan fingerprint density at radius 3 is 2.53 bits per heavy atom. The lowest BCUT2D eigenvalue weighted by Gasteiger charge is -2.05. The van der Waals surface area contributed by atoms with E-state index >= 15 is 0 Å². The normalized spacial score (nSPS) is 10.0. The van der Waals surface area contributed by atoms with Gasteiger partial charge in [-0.1, -0.05) is 12.1 Å². The van der Waals surface area contributed by atoms with E-state index in [9.17, 15) is 13.6 Å². The molecule has 0 saturated heterocycles. The first-order chi connectivity index (χ1) is 8.16. The van der Waals surface area contributed by atoms with Crippen molar-refractivity contribution in [3.63, 3.8) is 0 Å². The second-order valence-electron chi connectivity index (χ2n) is 3.30. The highest BCUT2D eigenvalue weighted by atomic mass is 19.1. The van der Waals surface area contributed by atoms with Gasteiger partial charge in [-0.05, 0) is 24.3 Å². The van der Waals surface area contributed by atoms with E-state index in [1.54, 1.807) is 6.07 Å². The zero-order chi connectivity index (χ0) is 12.3. The average molecular weight is 234 g/mol. The summed E-state index contributed by atoms with van der Waals surface area (Å²) in [5, 5.41) is 2.37. The van der Waals surface area contributed by atoms with Crippen LogP contribution in [0.5, 0.6) is 0 Å². The molecule has 86 valence electrons. The monoisotopic (exact) mass is 234 g/mol. The van der Waals surface area contributed by atoms with Crippen LogP contribution < -0.4 is 5.32 Å². The van der Waals surface area contributed by atoms with Gasteiger partial charge in [-0.2, -0.15) is 4.39 Å². The number of aromatic nitrogens is 1. The number of rotatable bonds is 2. The summed E-state index contributed by atoms with van der Waals surface area (Å²) in [6.45, 7) is 0.